The van der Waals surface area contributed by atoms with Crippen LogP contribution in [0.15, 0.2) is 12.2 Å². The number of ether oxygens (including phenoxy) is 1. The summed E-state index contributed by atoms with van der Waals surface area (Å²) in [6.45, 7) is 4.93. The number of hydrogen-bond donors (Lipinski definition) is 3. The van der Waals surface area contributed by atoms with Crippen LogP contribution in [0.5, 0.6) is 0 Å². The highest BCUT2D eigenvalue weighted by molar-refractivity contribution is 5.76. The first kappa shape index (κ1) is 67.6. The minimum atomic E-state index is -0.846. The molecule has 0 aromatic heterocycles. The van der Waals surface area contributed by atoms with Crippen LogP contribution in [-0.2, 0) is 14.3 Å². The van der Waals surface area contributed by atoms with Crippen molar-refractivity contribution in [1.82, 2.24) is 5.32 Å². The van der Waals surface area contributed by atoms with Crippen molar-refractivity contribution in [3.63, 3.8) is 0 Å². The Kier molecular flexibility index (Phi) is 58.0. The summed E-state index contributed by atoms with van der Waals surface area (Å²) in [6, 6.07) is -0.630. The fraction of sp³-hybridized carbons (Fsp3) is 0.937. The molecule has 1 amide bonds. The van der Waals surface area contributed by atoms with E-state index in [0.29, 0.717) is 19.4 Å². The maximum atomic E-state index is 12.5. The number of nitrogens with one attached hydrogen (secondary N) is 1. The molecule has 3 N–H and O–H groups in total. The quantitative estimate of drug-likeness (QED) is 0.0321. The normalized spacial score (nSPS) is 12.6. The van der Waals surface area contributed by atoms with E-state index in [1.807, 2.05) is 6.08 Å². The summed E-state index contributed by atoms with van der Waals surface area (Å²) in [4.78, 5) is 24.5. The van der Waals surface area contributed by atoms with Gasteiger partial charge in [-0.1, -0.05) is 321 Å². The number of allylic oxidation sites excluding steroid dienone is 1. The second-order valence-corrected chi connectivity index (χ2v) is 21.8. The standard InChI is InChI=1S/C63H123NO5/c1-3-5-7-9-11-13-15-17-18-19-20-22-25-28-32-35-39-43-47-51-55-61(66)60(59-65)64-62(67)56-52-48-44-40-36-33-29-26-23-21-24-27-30-34-38-42-46-50-54-58-69-63(68)57-53-49-45-41-37-31-16-14-12-10-8-6-4-2/h51,55,60-61,65-66H,3-50,52-54,56-59H2,1-2H3,(H,64,67)/b55-51+. The van der Waals surface area contributed by atoms with Gasteiger partial charge in [0.05, 0.1) is 25.4 Å². The number of aliphatic hydroxyl groups excluding tert-OH is 2. The van der Waals surface area contributed by atoms with Gasteiger partial charge in [0.15, 0.2) is 0 Å². The molecule has 6 nitrogen and oxygen atoms in total. The first-order chi connectivity index (χ1) is 34.0. The van der Waals surface area contributed by atoms with Crippen LogP contribution >= 0.6 is 0 Å². The van der Waals surface area contributed by atoms with Crippen LogP contribution in [-0.4, -0.2) is 47.4 Å². The first-order valence-electron chi connectivity index (χ1n) is 31.5. The summed E-state index contributed by atoms with van der Waals surface area (Å²) >= 11 is 0. The number of aliphatic hydroxyl groups is 2. The molecule has 0 aliphatic carbocycles. The third-order valence-corrected chi connectivity index (χ3v) is 14.8. The minimum absolute atomic E-state index is 0.0107. The topological polar surface area (TPSA) is 95.9 Å². The Morgan fingerprint density at radius 1 is 0.391 bits per heavy atom. The molecule has 0 saturated carbocycles. The zero-order valence-corrected chi connectivity index (χ0v) is 46.8. The summed E-state index contributed by atoms with van der Waals surface area (Å²) < 4.78 is 5.48. The van der Waals surface area contributed by atoms with Crippen molar-refractivity contribution >= 4 is 11.9 Å². The van der Waals surface area contributed by atoms with Gasteiger partial charge in [0.25, 0.3) is 0 Å². The van der Waals surface area contributed by atoms with Crippen molar-refractivity contribution in [2.45, 2.75) is 366 Å². The maximum Gasteiger partial charge on any atom is 0.305 e. The molecule has 6 heteroatoms. The van der Waals surface area contributed by atoms with Gasteiger partial charge in [-0.3, -0.25) is 9.59 Å². The van der Waals surface area contributed by atoms with E-state index in [2.05, 4.69) is 19.2 Å². The average molecular weight is 975 g/mol. The number of carbonyl (C=O) groups excluding carboxylic acids is 2. The minimum Gasteiger partial charge on any atom is -0.466 e. The summed E-state index contributed by atoms with van der Waals surface area (Å²) in [5.41, 5.74) is 0. The van der Waals surface area contributed by atoms with Crippen molar-refractivity contribution in [2.75, 3.05) is 13.2 Å². The van der Waals surface area contributed by atoms with Crippen molar-refractivity contribution < 1.29 is 24.5 Å². The van der Waals surface area contributed by atoms with Crippen LogP contribution in [0.1, 0.15) is 354 Å². The molecule has 0 heterocycles. The molecule has 69 heavy (non-hydrogen) atoms. The van der Waals surface area contributed by atoms with E-state index in [1.54, 1.807) is 6.08 Å². The predicted octanol–water partition coefficient (Wildman–Crippen LogP) is 19.6. The first-order valence-corrected chi connectivity index (χ1v) is 31.5. The number of unbranched alkanes of at least 4 members (excludes halogenated alkanes) is 48. The molecule has 0 bridgehead atoms. The second kappa shape index (κ2) is 59.2. The van der Waals surface area contributed by atoms with Crippen LogP contribution in [0.25, 0.3) is 0 Å². The lowest BCUT2D eigenvalue weighted by Gasteiger charge is -2.20. The van der Waals surface area contributed by atoms with Crippen LogP contribution < -0.4 is 5.32 Å². The fourth-order valence-corrected chi connectivity index (χ4v) is 9.99. The molecule has 0 aromatic carbocycles. The van der Waals surface area contributed by atoms with E-state index in [9.17, 15) is 19.8 Å². The van der Waals surface area contributed by atoms with E-state index in [-0.39, 0.29) is 18.5 Å². The van der Waals surface area contributed by atoms with Gasteiger partial charge in [-0.15, -0.1) is 0 Å². The zero-order valence-electron chi connectivity index (χ0n) is 46.8. The van der Waals surface area contributed by atoms with Gasteiger partial charge in [0.1, 0.15) is 0 Å². The molecule has 0 aromatic rings. The van der Waals surface area contributed by atoms with Gasteiger partial charge < -0.3 is 20.3 Å². The third kappa shape index (κ3) is 55.8. The Hall–Kier alpha value is -1.40. The number of amides is 1. The molecule has 0 fully saturated rings. The number of hydrogen-bond acceptors (Lipinski definition) is 5. The van der Waals surface area contributed by atoms with Crippen molar-refractivity contribution in [1.29, 1.82) is 0 Å². The number of esters is 1. The van der Waals surface area contributed by atoms with Crippen LogP contribution in [0.4, 0.5) is 0 Å². The van der Waals surface area contributed by atoms with E-state index in [0.717, 1.165) is 38.5 Å². The van der Waals surface area contributed by atoms with Gasteiger partial charge in [-0.25, -0.2) is 0 Å². The van der Waals surface area contributed by atoms with Crippen molar-refractivity contribution in [3.8, 4) is 0 Å². The second-order valence-electron chi connectivity index (χ2n) is 21.8. The number of carbonyl (C=O) groups is 2. The summed E-state index contributed by atoms with van der Waals surface area (Å²) in [6.07, 6.45) is 71.0. The van der Waals surface area contributed by atoms with Gasteiger partial charge in [-0.2, -0.15) is 0 Å². The third-order valence-electron chi connectivity index (χ3n) is 14.8. The Bertz CT molecular complexity index is 1030. The molecule has 0 aliphatic heterocycles. The highest BCUT2D eigenvalue weighted by Gasteiger charge is 2.18. The molecular weight excluding hydrogens is 851 g/mol. The van der Waals surface area contributed by atoms with Crippen LogP contribution in [0, 0.1) is 0 Å². The van der Waals surface area contributed by atoms with E-state index >= 15 is 0 Å². The Morgan fingerprint density at radius 3 is 0.986 bits per heavy atom. The lowest BCUT2D eigenvalue weighted by molar-refractivity contribution is -0.143. The highest BCUT2D eigenvalue weighted by atomic mass is 16.5. The molecule has 2 atom stereocenters. The van der Waals surface area contributed by atoms with E-state index in [1.165, 1.54) is 289 Å². The van der Waals surface area contributed by atoms with Crippen LogP contribution in [0.3, 0.4) is 0 Å². The fourth-order valence-electron chi connectivity index (χ4n) is 9.99. The molecule has 0 aliphatic rings. The Balaban J connectivity index is 3.42. The monoisotopic (exact) mass is 974 g/mol. The van der Waals surface area contributed by atoms with Gasteiger partial charge in [0, 0.05) is 12.8 Å². The van der Waals surface area contributed by atoms with Crippen molar-refractivity contribution in [2.24, 2.45) is 0 Å². The average Bonchev–Trinajstić information content (AvgIpc) is 3.35. The molecule has 0 rings (SSSR count). The Morgan fingerprint density at radius 2 is 0.667 bits per heavy atom. The summed E-state index contributed by atoms with van der Waals surface area (Å²) in [7, 11) is 0. The Labute approximate surface area is 431 Å². The molecule has 0 radical (unpaired) electrons. The smallest absolute Gasteiger partial charge is 0.305 e. The van der Waals surface area contributed by atoms with E-state index in [4.69, 9.17) is 4.74 Å². The van der Waals surface area contributed by atoms with Crippen molar-refractivity contribution in [3.05, 3.63) is 12.2 Å². The predicted molar refractivity (Wildman–Crippen MR) is 301 cm³/mol. The number of rotatable bonds is 59. The largest absolute Gasteiger partial charge is 0.466 e. The molecule has 0 saturated heterocycles. The lowest BCUT2D eigenvalue weighted by Crippen LogP contribution is -2.45. The zero-order chi connectivity index (χ0) is 50.0. The van der Waals surface area contributed by atoms with Gasteiger partial charge in [-0.05, 0) is 32.1 Å². The maximum absolute atomic E-state index is 12.5. The molecular formula is C63H123NO5. The van der Waals surface area contributed by atoms with Crippen LogP contribution in [0.2, 0.25) is 0 Å². The summed E-state index contributed by atoms with van der Waals surface area (Å²) in [5.74, 6) is -0.0564. The molecule has 2 unspecified atom stereocenters. The van der Waals surface area contributed by atoms with Gasteiger partial charge >= 0.3 is 5.97 Å². The van der Waals surface area contributed by atoms with Gasteiger partial charge in [0.2, 0.25) is 5.91 Å². The molecule has 0 spiro atoms. The van der Waals surface area contributed by atoms with E-state index < -0.39 is 12.1 Å². The highest BCUT2D eigenvalue weighted by Crippen LogP contribution is 2.18. The molecule has 410 valence electrons. The lowest BCUT2D eigenvalue weighted by atomic mass is 10.0. The summed E-state index contributed by atoms with van der Waals surface area (Å²) in [5, 5.41) is 23.2. The SMILES string of the molecule is CCCCCCCCCCCCCCCCCCCC/C=C/C(O)C(CO)NC(=O)CCCCCCCCCCCCCCCCCCCCCOC(=O)CCCCCCCCCCCCCCC.